The molecule has 2 rings (SSSR count). The van der Waals surface area contributed by atoms with Gasteiger partial charge in [0, 0.05) is 0 Å². The summed E-state index contributed by atoms with van der Waals surface area (Å²) in [7, 11) is 0. The van der Waals surface area contributed by atoms with E-state index in [-0.39, 0.29) is 0 Å². The molecule has 0 amide bonds. The van der Waals surface area contributed by atoms with Crippen LogP contribution in [0.1, 0.15) is 33.1 Å². The number of hydrogen-bond donors (Lipinski definition) is 0. The summed E-state index contributed by atoms with van der Waals surface area (Å²) in [5.41, 5.74) is 0. The van der Waals surface area contributed by atoms with Gasteiger partial charge in [0.05, 0.1) is 0 Å². The average molecular weight is 150 g/mol. The maximum atomic E-state index is 2.47. The van der Waals surface area contributed by atoms with Crippen molar-refractivity contribution in [2.75, 3.05) is 0 Å². The molecule has 0 nitrogen and oxygen atoms in total. The van der Waals surface area contributed by atoms with Crippen molar-refractivity contribution in [3.05, 3.63) is 12.2 Å². The summed E-state index contributed by atoms with van der Waals surface area (Å²) in [6.07, 6.45) is 9.10. The Bertz CT molecular complexity index is 169. The highest BCUT2D eigenvalue weighted by molar-refractivity contribution is 5.03. The van der Waals surface area contributed by atoms with Crippen LogP contribution in [-0.4, -0.2) is 0 Å². The predicted octanol–water partition coefficient (Wildman–Crippen LogP) is 3.24. The van der Waals surface area contributed by atoms with Crippen LogP contribution in [-0.2, 0) is 0 Å². The lowest BCUT2D eigenvalue weighted by atomic mass is 9.81. The van der Waals surface area contributed by atoms with Crippen LogP contribution in [0.4, 0.5) is 0 Å². The first-order valence-electron chi connectivity index (χ1n) is 4.95. The zero-order valence-corrected chi connectivity index (χ0v) is 7.59. The fraction of sp³-hybridized carbons (Fsp3) is 0.818. The van der Waals surface area contributed by atoms with Gasteiger partial charge in [0.25, 0.3) is 0 Å². The van der Waals surface area contributed by atoms with Crippen LogP contribution in [0.3, 0.4) is 0 Å². The first kappa shape index (κ1) is 7.39. The minimum atomic E-state index is 0.929. The number of allylic oxidation sites excluding steroid dienone is 2. The van der Waals surface area contributed by atoms with E-state index in [1.807, 2.05) is 0 Å². The van der Waals surface area contributed by atoms with Crippen LogP contribution >= 0.6 is 0 Å². The topological polar surface area (TPSA) is 0 Å². The van der Waals surface area contributed by atoms with E-state index in [2.05, 4.69) is 26.0 Å². The van der Waals surface area contributed by atoms with Crippen LogP contribution < -0.4 is 0 Å². The molecule has 0 aromatic heterocycles. The summed E-state index contributed by atoms with van der Waals surface area (Å²) < 4.78 is 0. The van der Waals surface area contributed by atoms with E-state index in [0.29, 0.717) is 0 Å². The molecule has 11 heavy (non-hydrogen) atoms. The van der Waals surface area contributed by atoms with Crippen molar-refractivity contribution in [3.63, 3.8) is 0 Å². The maximum absolute atomic E-state index is 2.47. The Hall–Kier alpha value is -0.260. The maximum Gasteiger partial charge on any atom is -0.0177 e. The summed E-state index contributed by atoms with van der Waals surface area (Å²) in [5, 5.41) is 0. The average Bonchev–Trinajstić information content (AvgIpc) is 2.30. The summed E-state index contributed by atoms with van der Waals surface area (Å²) in [6.45, 7) is 4.84. The van der Waals surface area contributed by atoms with Crippen molar-refractivity contribution in [2.45, 2.75) is 33.1 Å². The lowest BCUT2D eigenvalue weighted by Gasteiger charge is -2.24. The molecule has 1 fully saturated rings. The van der Waals surface area contributed by atoms with E-state index in [0.717, 1.165) is 23.7 Å². The first-order chi connectivity index (χ1) is 5.29. The van der Waals surface area contributed by atoms with Gasteiger partial charge in [-0.25, -0.2) is 0 Å². The zero-order chi connectivity index (χ0) is 7.84. The third kappa shape index (κ3) is 1.13. The third-order valence-electron chi connectivity index (χ3n) is 3.65. The fourth-order valence-corrected chi connectivity index (χ4v) is 3.07. The van der Waals surface area contributed by atoms with E-state index in [1.54, 1.807) is 0 Å². The van der Waals surface area contributed by atoms with Gasteiger partial charge < -0.3 is 0 Å². The Morgan fingerprint density at radius 3 is 2.73 bits per heavy atom. The van der Waals surface area contributed by atoms with E-state index in [4.69, 9.17) is 0 Å². The van der Waals surface area contributed by atoms with Crippen molar-refractivity contribution < 1.29 is 0 Å². The van der Waals surface area contributed by atoms with Gasteiger partial charge >= 0.3 is 0 Å². The zero-order valence-electron chi connectivity index (χ0n) is 7.59. The molecule has 0 saturated heterocycles. The molecule has 0 aliphatic heterocycles. The van der Waals surface area contributed by atoms with Gasteiger partial charge in [-0.05, 0) is 42.9 Å². The molecule has 0 heteroatoms. The number of rotatable bonds is 0. The smallest absolute Gasteiger partial charge is 0.0177 e. The Labute approximate surface area is 69.7 Å². The molecule has 4 atom stereocenters. The van der Waals surface area contributed by atoms with Gasteiger partial charge in [-0.2, -0.15) is 0 Å². The van der Waals surface area contributed by atoms with Gasteiger partial charge in [0.15, 0.2) is 0 Å². The third-order valence-corrected chi connectivity index (χ3v) is 3.65. The minimum Gasteiger partial charge on any atom is -0.0882 e. The van der Waals surface area contributed by atoms with Crippen molar-refractivity contribution in [1.82, 2.24) is 0 Å². The molecule has 2 aliphatic rings. The standard InChI is InChI=1S/C11H18/c1-8-7-9(2)11-6-4-3-5-10(8)11/h3,5,8-11H,4,6-7H2,1-2H3. The van der Waals surface area contributed by atoms with Crippen LogP contribution in [0.2, 0.25) is 0 Å². The van der Waals surface area contributed by atoms with Crippen molar-refractivity contribution in [2.24, 2.45) is 23.7 Å². The van der Waals surface area contributed by atoms with Gasteiger partial charge in [0.1, 0.15) is 0 Å². The fourth-order valence-electron chi connectivity index (χ4n) is 3.07. The lowest BCUT2D eigenvalue weighted by Crippen LogP contribution is -2.16. The van der Waals surface area contributed by atoms with Crippen molar-refractivity contribution >= 4 is 0 Å². The van der Waals surface area contributed by atoms with Crippen LogP contribution in [0.25, 0.3) is 0 Å². The minimum absolute atomic E-state index is 0.929. The van der Waals surface area contributed by atoms with Gasteiger partial charge in [-0.1, -0.05) is 26.0 Å². The highest BCUT2D eigenvalue weighted by Gasteiger charge is 2.37. The van der Waals surface area contributed by atoms with E-state index in [9.17, 15) is 0 Å². The van der Waals surface area contributed by atoms with Gasteiger partial charge in [-0.3, -0.25) is 0 Å². The van der Waals surface area contributed by atoms with E-state index >= 15 is 0 Å². The predicted molar refractivity (Wildman–Crippen MR) is 48.3 cm³/mol. The molecule has 2 aliphatic carbocycles. The van der Waals surface area contributed by atoms with Crippen LogP contribution in [0.5, 0.6) is 0 Å². The number of hydrogen-bond acceptors (Lipinski definition) is 0. The Morgan fingerprint density at radius 1 is 1.18 bits per heavy atom. The molecule has 0 aromatic rings. The van der Waals surface area contributed by atoms with Gasteiger partial charge in [-0.15, -0.1) is 0 Å². The molecule has 0 N–H and O–H groups in total. The second-order valence-corrected chi connectivity index (χ2v) is 4.44. The molecule has 0 bridgehead atoms. The molecule has 4 unspecified atom stereocenters. The Morgan fingerprint density at radius 2 is 2.00 bits per heavy atom. The highest BCUT2D eigenvalue weighted by Crippen LogP contribution is 2.46. The molecule has 0 aromatic carbocycles. The summed E-state index contributed by atoms with van der Waals surface area (Å²) in [5.74, 6) is 3.89. The quantitative estimate of drug-likeness (QED) is 0.465. The SMILES string of the molecule is CC1CC(C)C2CCC=CC12. The van der Waals surface area contributed by atoms with Crippen molar-refractivity contribution in [3.8, 4) is 0 Å². The Balaban J connectivity index is 2.17. The second-order valence-electron chi connectivity index (χ2n) is 4.44. The molecule has 1 saturated carbocycles. The van der Waals surface area contributed by atoms with Crippen molar-refractivity contribution in [1.29, 1.82) is 0 Å². The molecular weight excluding hydrogens is 132 g/mol. The monoisotopic (exact) mass is 150 g/mol. The van der Waals surface area contributed by atoms with E-state index < -0.39 is 0 Å². The normalized spacial score (nSPS) is 49.3. The first-order valence-corrected chi connectivity index (χ1v) is 4.95. The lowest BCUT2D eigenvalue weighted by molar-refractivity contribution is 0.321. The molecule has 0 heterocycles. The molecule has 0 radical (unpaired) electrons. The van der Waals surface area contributed by atoms with E-state index in [1.165, 1.54) is 19.3 Å². The Kier molecular flexibility index (Phi) is 1.78. The second kappa shape index (κ2) is 2.66. The molecule has 0 spiro atoms. The summed E-state index contributed by atoms with van der Waals surface area (Å²) in [4.78, 5) is 0. The number of fused-ring (bicyclic) bond motifs is 1. The van der Waals surface area contributed by atoms with Crippen LogP contribution in [0, 0.1) is 23.7 Å². The van der Waals surface area contributed by atoms with Gasteiger partial charge in [0.2, 0.25) is 0 Å². The summed E-state index contributed by atoms with van der Waals surface area (Å²) in [6, 6.07) is 0. The largest absolute Gasteiger partial charge is 0.0882 e. The molecular formula is C11H18. The highest BCUT2D eigenvalue weighted by atomic mass is 14.4. The molecule has 62 valence electrons. The summed E-state index contributed by atoms with van der Waals surface area (Å²) >= 11 is 0. The van der Waals surface area contributed by atoms with Crippen LogP contribution in [0.15, 0.2) is 12.2 Å².